The molecule has 0 saturated carbocycles. The average molecular weight is 276 g/mol. The van der Waals surface area contributed by atoms with Crippen molar-refractivity contribution in [2.24, 2.45) is 5.73 Å². The molecule has 1 amide bonds. The molecule has 0 aliphatic carbocycles. The van der Waals surface area contributed by atoms with Crippen molar-refractivity contribution in [2.45, 2.75) is 13.0 Å². The van der Waals surface area contributed by atoms with Crippen molar-refractivity contribution in [1.29, 1.82) is 0 Å². The number of benzene rings is 2. The highest BCUT2D eigenvalue weighted by Crippen LogP contribution is 2.16. The van der Waals surface area contributed by atoms with E-state index in [0.29, 0.717) is 5.56 Å². The number of carbonyl (C=O) groups excluding carboxylic acids is 1. The van der Waals surface area contributed by atoms with E-state index in [1.807, 2.05) is 0 Å². The third-order valence-corrected chi connectivity index (χ3v) is 2.85. The van der Waals surface area contributed by atoms with Gasteiger partial charge in [-0.15, -0.1) is 0 Å². The Kier molecular flexibility index (Phi) is 4.42. The fourth-order valence-electron chi connectivity index (χ4n) is 1.80. The lowest BCUT2D eigenvalue weighted by Crippen LogP contribution is -2.16. The third-order valence-electron chi connectivity index (χ3n) is 2.85. The van der Waals surface area contributed by atoms with Crippen LogP contribution >= 0.6 is 0 Å². The van der Waals surface area contributed by atoms with Gasteiger partial charge in [-0.1, -0.05) is 24.3 Å². The second kappa shape index (κ2) is 6.25. The molecule has 0 aromatic heterocycles. The fraction of sp³-hybridized carbons (Fsp3) is 0.133. The van der Waals surface area contributed by atoms with Crippen LogP contribution in [0.3, 0.4) is 0 Å². The second-order valence-electron chi connectivity index (χ2n) is 4.33. The first kappa shape index (κ1) is 14.1. The molecule has 20 heavy (non-hydrogen) atoms. The lowest BCUT2D eigenvalue weighted by Gasteiger charge is -2.08. The predicted octanol–water partition coefficient (Wildman–Crippen LogP) is 2.60. The summed E-state index contributed by atoms with van der Waals surface area (Å²) < 4.78 is 27.1. The second-order valence-corrected chi connectivity index (χ2v) is 4.33. The van der Waals surface area contributed by atoms with Crippen LogP contribution in [-0.2, 0) is 17.8 Å². The number of halogens is 2. The van der Waals surface area contributed by atoms with Crippen LogP contribution in [0.5, 0.6) is 0 Å². The summed E-state index contributed by atoms with van der Waals surface area (Å²) in [6.07, 6.45) is -0.148. The summed E-state index contributed by atoms with van der Waals surface area (Å²) in [6, 6.07) is 10.3. The summed E-state index contributed by atoms with van der Waals surface area (Å²) in [7, 11) is 0. The normalized spacial score (nSPS) is 10.3. The molecule has 0 unspecified atom stereocenters. The van der Waals surface area contributed by atoms with Crippen molar-refractivity contribution in [1.82, 2.24) is 0 Å². The molecule has 0 atom stereocenters. The molecule has 0 saturated heterocycles. The van der Waals surface area contributed by atoms with E-state index < -0.39 is 17.5 Å². The van der Waals surface area contributed by atoms with Gasteiger partial charge in [0.1, 0.15) is 11.6 Å². The molecule has 3 nitrogen and oxygen atoms in total. The maximum atomic E-state index is 13.7. The van der Waals surface area contributed by atoms with Crippen molar-refractivity contribution in [3.8, 4) is 0 Å². The molecule has 2 aromatic rings. The van der Waals surface area contributed by atoms with Gasteiger partial charge in [0.15, 0.2) is 0 Å². The monoisotopic (exact) mass is 276 g/mol. The van der Waals surface area contributed by atoms with E-state index >= 15 is 0 Å². The summed E-state index contributed by atoms with van der Waals surface area (Å²) in [6.45, 7) is 0.223. The molecular weight excluding hydrogens is 262 g/mol. The zero-order chi connectivity index (χ0) is 14.5. The van der Waals surface area contributed by atoms with E-state index in [4.69, 9.17) is 5.73 Å². The van der Waals surface area contributed by atoms with Gasteiger partial charge in [0.25, 0.3) is 0 Å². The average Bonchev–Trinajstić information content (AvgIpc) is 2.43. The molecular formula is C15H14F2N2O. The van der Waals surface area contributed by atoms with E-state index in [1.165, 1.54) is 24.3 Å². The van der Waals surface area contributed by atoms with Gasteiger partial charge in [-0.25, -0.2) is 8.78 Å². The quantitative estimate of drug-likeness (QED) is 0.902. The van der Waals surface area contributed by atoms with Crippen LogP contribution in [0.4, 0.5) is 14.5 Å². The van der Waals surface area contributed by atoms with E-state index in [-0.39, 0.29) is 24.2 Å². The van der Waals surface area contributed by atoms with E-state index in [9.17, 15) is 13.6 Å². The van der Waals surface area contributed by atoms with Crippen molar-refractivity contribution in [3.63, 3.8) is 0 Å². The van der Waals surface area contributed by atoms with Crippen molar-refractivity contribution in [3.05, 3.63) is 65.2 Å². The van der Waals surface area contributed by atoms with Crippen LogP contribution in [0.1, 0.15) is 11.1 Å². The molecule has 0 aliphatic rings. The SMILES string of the molecule is NCc1ccc(NC(=O)Cc2ccccc2F)c(F)c1. The first-order chi connectivity index (χ1) is 9.60. The molecule has 0 spiro atoms. The zero-order valence-corrected chi connectivity index (χ0v) is 10.7. The van der Waals surface area contributed by atoms with Crippen LogP contribution in [0, 0.1) is 11.6 Å². The molecule has 3 N–H and O–H groups in total. The maximum absolute atomic E-state index is 13.7. The zero-order valence-electron chi connectivity index (χ0n) is 10.7. The first-order valence-corrected chi connectivity index (χ1v) is 6.12. The summed E-state index contributed by atoms with van der Waals surface area (Å²) in [5, 5.41) is 2.42. The number of carbonyl (C=O) groups is 1. The standard InChI is InChI=1S/C15H14F2N2O/c16-12-4-2-1-3-11(12)8-15(20)19-14-6-5-10(9-18)7-13(14)17/h1-7H,8-9,18H2,(H,19,20). The number of nitrogens with two attached hydrogens (primary N) is 1. The van der Waals surface area contributed by atoms with Gasteiger partial charge in [-0.3, -0.25) is 4.79 Å². The summed E-state index contributed by atoms with van der Waals surface area (Å²) in [4.78, 5) is 11.8. The molecule has 2 rings (SSSR count). The Bertz CT molecular complexity index is 629. The van der Waals surface area contributed by atoms with Crippen LogP contribution < -0.4 is 11.1 Å². The lowest BCUT2D eigenvalue weighted by molar-refractivity contribution is -0.115. The Morgan fingerprint density at radius 2 is 1.85 bits per heavy atom. The van der Waals surface area contributed by atoms with Crippen LogP contribution in [-0.4, -0.2) is 5.91 Å². The van der Waals surface area contributed by atoms with Crippen molar-refractivity contribution < 1.29 is 13.6 Å². The Morgan fingerprint density at radius 1 is 1.10 bits per heavy atom. The topological polar surface area (TPSA) is 55.1 Å². The number of hydrogen-bond donors (Lipinski definition) is 2. The van der Waals surface area contributed by atoms with Gasteiger partial charge in [-0.2, -0.15) is 0 Å². The smallest absolute Gasteiger partial charge is 0.228 e. The molecule has 0 heterocycles. The van der Waals surface area contributed by atoms with Gasteiger partial charge >= 0.3 is 0 Å². The van der Waals surface area contributed by atoms with Crippen LogP contribution in [0.25, 0.3) is 0 Å². The van der Waals surface area contributed by atoms with E-state index in [1.54, 1.807) is 18.2 Å². The maximum Gasteiger partial charge on any atom is 0.228 e. The number of nitrogens with one attached hydrogen (secondary N) is 1. The minimum Gasteiger partial charge on any atom is -0.326 e. The summed E-state index contributed by atoms with van der Waals surface area (Å²) >= 11 is 0. The van der Waals surface area contributed by atoms with Gasteiger partial charge in [0, 0.05) is 6.54 Å². The highest BCUT2D eigenvalue weighted by atomic mass is 19.1. The highest BCUT2D eigenvalue weighted by molar-refractivity contribution is 5.92. The number of amides is 1. The highest BCUT2D eigenvalue weighted by Gasteiger charge is 2.10. The van der Waals surface area contributed by atoms with Crippen molar-refractivity contribution in [2.75, 3.05) is 5.32 Å². The van der Waals surface area contributed by atoms with Gasteiger partial charge in [0.2, 0.25) is 5.91 Å². The fourth-order valence-corrected chi connectivity index (χ4v) is 1.80. The number of anilines is 1. The first-order valence-electron chi connectivity index (χ1n) is 6.12. The molecule has 2 aromatic carbocycles. The van der Waals surface area contributed by atoms with E-state index in [2.05, 4.69) is 5.32 Å². The largest absolute Gasteiger partial charge is 0.326 e. The minimum absolute atomic E-state index is 0.0588. The Balaban J connectivity index is 2.07. The molecule has 0 aliphatic heterocycles. The predicted molar refractivity (Wildman–Crippen MR) is 73.0 cm³/mol. The molecule has 0 radical (unpaired) electrons. The number of hydrogen-bond acceptors (Lipinski definition) is 2. The number of rotatable bonds is 4. The minimum atomic E-state index is -0.560. The Hall–Kier alpha value is -2.27. The Labute approximate surface area is 115 Å². The summed E-state index contributed by atoms with van der Waals surface area (Å²) in [5.41, 5.74) is 6.35. The lowest BCUT2D eigenvalue weighted by atomic mass is 10.1. The van der Waals surface area contributed by atoms with Crippen LogP contribution in [0.15, 0.2) is 42.5 Å². The van der Waals surface area contributed by atoms with Gasteiger partial charge in [0.05, 0.1) is 12.1 Å². The van der Waals surface area contributed by atoms with Gasteiger partial charge in [-0.05, 0) is 29.3 Å². The molecule has 5 heteroatoms. The summed E-state index contributed by atoms with van der Waals surface area (Å²) in [5.74, 6) is -1.49. The Morgan fingerprint density at radius 3 is 2.50 bits per heavy atom. The molecule has 0 fully saturated rings. The van der Waals surface area contributed by atoms with E-state index in [0.717, 1.165) is 0 Å². The third kappa shape index (κ3) is 3.39. The van der Waals surface area contributed by atoms with Gasteiger partial charge < -0.3 is 11.1 Å². The van der Waals surface area contributed by atoms with Crippen LogP contribution in [0.2, 0.25) is 0 Å². The van der Waals surface area contributed by atoms with Crippen molar-refractivity contribution >= 4 is 11.6 Å². The molecule has 0 bridgehead atoms. The molecule has 104 valence electrons.